The van der Waals surface area contributed by atoms with Crippen molar-refractivity contribution in [2.45, 2.75) is 27.7 Å². The molecule has 3 amide bonds. The number of halogens is 2. The van der Waals surface area contributed by atoms with E-state index < -0.39 is 0 Å². The lowest BCUT2D eigenvalue weighted by Crippen LogP contribution is -2.42. The summed E-state index contributed by atoms with van der Waals surface area (Å²) in [5.74, 6) is 0.248. The van der Waals surface area contributed by atoms with Crippen LogP contribution in [0.15, 0.2) is 72.8 Å². The second kappa shape index (κ2) is 12.4. The van der Waals surface area contributed by atoms with Gasteiger partial charge >= 0.3 is 6.03 Å². The first-order valence-corrected chi connectivity index (χ1v) is 13.4. The van der Waals surface area contributed by atoms with E-state index in [2.05, 4.69) is 10.6 Å². The smallest absolute Gasteiger partial charge is 0.315 e. The van der Waals surface area contributed by atoms with Gasteiger partial charge in [0.15, 0.2) is 0 Å². The summed E-state index contributed by atoms with van der Waals surface area (Å²) in [4.78, 5) is 28.0. The predicted molar refractivity (Wildman–Crippen MR) is 159 cm³/mol. The van der Waals surface area contributed by atoms with Crippen LogP contribution in [0.5, 0.6) is 0 Å². The molecule has 0 bridgehead atoms. The van der Waals surface area contributed by atoms with Crippen molar-refractivity contribution in [3.05, 3.63) is 94.0 Å². The van der Waals surface area contributed by atoms with Crippen molar-refractivity contribution in [2.24, 2.45) is 5.92 Å². The summed E-state index contributed by atoms with van der Waals surface area (Å²) in [6.45, 7) is 8.21. The largest absolute Gasteiger partial charge is 0.322 e. The van der Waals surface area contributed by atoms with Gasteiger partial charge in [-0.05, 0) is 49.6 Å². The zero-order valence-corrected chi connectivity index (χ0v) is 23.8. The first-order valence-electron chi connectivity index (χ1n) is 12.6. The number of anilines is 2. The van der Waals surface area contributed by atoms with Crippen molar-refractivity contribution in [1.29, 1.82) is 0 Å². The minimum Gasteiger partial charge on any atom is -0.315 e. The average molecular weight is 565 g/mol. The highest BCUT2D eigenvalue weighted by atomic mass is 35.5. The van der Waals surface area contributed by atoms with Crippen LogP contribution in [-0.4, -0.2) is 39.7 Å². The van der Waals surface area contributed by atoms with Gasteiger partial charge in [-0.3, -0.25) is 4.79 Å². The molecule has 9 heteroatoms. The van der Waals surface area contributed by atoms with Crippen LogP contribution in [0.2, 0.25) is 10.0 Å². The maximum absolute atomic E-state index is 13.3. The number of amides is 3. The molecule has 0 aliphatic heterocycles. The van der Waals surface area contributed by atoms with Crippen LogP contribution >= 0.6 is 23.2 Å². The predicted octanol–water partition coefficient (Wildman–Crippen LogP) is 7.59. The third kappa shape index (κ3) is 7.19. The molecule has 1 heterocycles. The molecular formula is C30H31Cl2N5O2. The van der Waals surface area contributed by atoms with Gasteiger partial charge in [-0.1, -0.05) is 85.1 Å². The maximum atomic E-state index is 13.3. The van der Waals surface area contributed by atoms with E-state index in [0.717, 1.165) is 16.7 Å². The highest BCUT2D eigenvalue weighted by Gasteiger charge is 2.21. The fraction of sp³-hybridized carbons (Fsp3) is 0.233. The standard InChI is InChI=1S/C30H31Cl2N5O2/c1-19(2)17-36(30(39)33-26-13-10-20(3)14-21(26)4)18-29(38)34-28-16-27(22-8-6-5-7-9-22)35-37(28)23-11-12-24(31)25(32)15-23/h5-16,19H,17-18H2,1-4H3,(H,33,39)(H,34,38). The van der Waals surface area contributed by atoms with Crippen molar-refractivity contribution in [2.75, 3.05) is 23.7 Å². The number of aryl methyl sites for hydroxylation is 2. The maximum Gasteiger partial charge on any atom is 0.322 e. The summed E-state index contributed by atoms with van der Waals surface area (Å²) in [7, 11) is 0. The number of rotatable bonds is 8. The molecule has 0 saturated heterocycles. The fourth-order valence-corrected chi connectivity index (χ4v) is 4.49. The second-order valence-corrected chi connectivity index (χ2v) is 10.7. The molecule has 0 spiro atoms. The van der Waals surface area contributed by atoms with Crippen molar-refractivity contribution in [1.82, 2.24) is 14.7 Å². The number of aromatic nitrogens is 2. The lowest BCUT2D eigenvalue weighted by molar-refractivity contribution is -0.116. The number of urea groups is 1. The molecular weight excluding hydrogens is 533 g/mol. The Morgan fingerprint density at radius 3 is 2.33 bits per heavy atom. The van der Waals surface area contributed by atoms with Crippen molar-refractivity contribution < 1.29 is 9.59 Å². The summed E-state index contributed by atoms with van der Waals surface area (Å²) in [6.07, 6.45) is 0. The minimum atomic E-state index is -0.354. The molecule has 7 nitrogen and oxygen atoms in total. The molecule has 2 N–H and O–H groups in total. The third-order valence-electron chi connectivity index (χ3n) is 6.02. The van der Waals surface area contributed by atoms with Gasteiger partial charge in [-0.25, -0.2) is 9.48 Å². The van der Waals surface area contributed by atoms with Crippen LogP contribution in [0.25, 0.3) is 16.9 Å². The molecule has 0 aliphatic carbocycles. The second-order valence-electron chi connectivity index (χ2n) is 9.86. The summed E-state index contributed by atoms with van der Waals surface area (Å²) in [6, 6.07) is 22.0. The van der Waals surface area contributed by atoms with Crippen LogP contribution in [0.1, 0.15) is 25.0 Å². The third-order valence-corrected chi connectivity index (χ3v) is 6.76. The minimum absolute atomic E-state index is 0.137. The summed E-state index contributed by atoms with van der Waals surface area (Å²) in [5.41, 5.74) is 4.97. The van der Waals surface area contributed by atoms with E-state index >= 15 is 0 Å². The van der Waals surface area contributed by atoms with E-state index in [1.165, 1.54) is 4.90 Å². The van der Waals surface area contributed by atoms with Gasteiger partial charge in [-0.15, -0.1) is 0 Å². The quantitative estimate of drug-likeness (QED) is 0.231. The monoisotopic (exact) mass is 563 g/mol. The highest BCUT2D eigenvalue weighted by Crippen LogP contribution is 2.29. The summed E-state index contributed by atoms with van der Waals surface area (Å²) < 4.78 is 1.60. The molecule has 0 atom stereocenters. The van der Waals surface area contributed by atoms with E-state index in [-0.39, 0.29) is 24.4 Å². The van der Waals surface area contributed by atoms with Crippen LogP contribution in [0.4, 0.5) is 16.3 Å². The first kappa shape index (κ1) is 28.2. The van der Waals surface area contributed by atoms with Gasteiger partial charge in [0.05, 0.1) is 21.4 Å². The number of hydrogen-bond acceptors (Lipinski definition) is 3. The Kier molecular flexibility index (Phi) is 8.94. The van der Waals surface area contributed by atoms with E-state index in [4.69, 9.17) is 28.3 Å². The Balaban J connectivity index is 1.59. The van der Waals surface area contributed by atoms with Gasteiger partial charge < -0.3 is 15.5 Å². The Morgan fingerprint density at radius 1 is 0.923 bits per heavy atom. The van der Waals surface area contributed by atoms with E-state index in [1.54, 1.807) is 28.9 Å². The molecule has 0 saturated carbocycles. The molecule has 202 valence electrons. The van der Waals surface area contributed by atoms with Gasteiger partial charge in [0.2, 0.25) is 5.91 Å². The molecule has 0 unspecified atom stereocenters. The normalized spacial score (nSPS) is 10.9. The lowest BCUT2D eigenvalue weighted by Gasteiger charge is -2.25. The van der Waals surface area contributed by atoms with Crippen molar-refractivity contribution in [3.8, 4) is 16.9 Å². The van der Waals surface area contributed by atoms with Crippen LogP contribution in [0.3, 0.4) is 0 Å². The molecule has 0 fully saturated rings. The van der Waals surface area contributed by atoms with Gasteiger partial charge in [-0.2, -0.15) is 5.10 Å². The molecule has 1 aromatic heterocycles. The van der Waals surface area contributed by atoms with E-state index in [1.807, 2.05) is 76.2 Å². The van der Waals surface area contributed by atoms with Gasteiger partial charge in [0.1, 0.15) is 12.4 Å². The Hall–Kier alpha value is -3.81. The molecule has 0 aliphatic rings. The SMILES string of the molecule is Cc1ccc(NC(=O)N(CC(=O)Nc2cc(-c3ccccc3)nn2-c2ccc(Cl)c(Cl)c2)CC(C)C)c(C)c1. The molecule has 39 heavy (non-hydrogen) atoms. The summed E-state index contributed by atoms with van der Waals surface area (Å²) in [5, 5.41) is 11.4. The number of hydrogen-bond donors (Lipinski definition) is 2. The lowest BCUT2D eigenvalue weighted by atomic mass is 10.1. The number of carbonyl (C=O) groups excluding carboxylic acids is 2. The number of nitrogens with one attached hydrogen (secondary N) is 2. The Labute approximate surface area is 238 Å². The zero-order valence-electron chi connectivity index (χ0n) is 22.3. The van der Waals surface area contributed by atoms with Gasteiger partial charge in [0.25, 0.3) is 0 Å². The van der Waals surface area contributed by atoms with E-state index in [9.17, 15) is 9.59 Å². The molecule has 4 aromatic rings. The van der Waals surface area contributed by atoms with Crippen LogP contribution in [-0.2, 0) is 4.79 Å². The van der Waals surface area contributed by atoms with Crippen LogP contribution < -0.4 is 10.6 Å². The Bertz CT molecular complexity index is 1480. The van der Waals surface area contributed by atoms with Crippen molar-refractivity contribution in [3.63, 3.8) is 0 Å². The number of nitrogens with zero attached hydrogens (tertiary/aromatic N) is 3. The van der Waals surface area contributed by atoms with E-state index in [0.29, 0.717) is 39.5 Å². The molecule has 4 rings (SSSR count). The highest BCUT2D eigenvalue weighted by molar-refractivity contribution is 6.42. The average Bonchev–Trinajstić information content (AvgIpc) is 3.30. The topological polar surface area (TPSA) is 79.3 Å². The zero-order chi connectivity index (χ0) is 28.1. The Morgan fingerprint density at radius 2 is 1.67 bits per heavy atom. The van der Waals surface area contributed by atoms with Crippen molar-refractivity contribution >= 4 is 46.6 Å². The molecule has 0 radical (unpaired) electrons. The first-order chi connectivity index (χ1) is 18.6. The van der Waals surface area contributed by atoms with Gasteiger partial charge in [0, 0.05) is 23.9 Å². The fourth-order valence-electron chi connectivity index (χ4n) is 4.20. The molecule has 3 aromatic carbocycles. The number of carbonyl (C=O) groups is 2. The number of benzene rings is 3. The van der Waals surface area contributed by atoms with Crippen LogP contribution in [0, 0.1) is 19.8 Å². The summed E-state index contributed by atoms with van der Waals surface area (Å²) >= 11 is 12.4.